The van der Waals surface area contributed by atoms with Gasteiger partial charge < -0.3 is 16.4 Å². The lowest BCUT2D eigenvalue weighted by molar-refractivity contribution is 0.262. The highest BCUT2D eigenvalue weighted by Gasteiger charge is 2.06. The molecular formula is C13H11FIN3O. The van der Waals surface area contributed by atoms with Gasteiger partial charge in [0.25, 0.3) is 0 Å². The Bertz CT molecular complexity index is 619. The molecule has 0 spiro atoms. The van der Waals surface area contributed by atoms with Crippen molar-refractivity contribution in [3.63, 3.8) is 0 Å². The van der Waals surface area contributed by atoms with E-state index >= 15 is 0 Å². The summed E-state index contributed by atoms with van der Waals surface area (Å²) in [5.41, 5.74) is 7.31. The van der Waals surface area contributed by atoms with Gasteiger partial charge in [0.1, 0.15) is 5.82 Å². The summed E-state index contributed by atoms with van der Waals surface area (Å²) >= 11 is 1.95. The van der Waals surface area contributed by atoms with E-state index in [1.807, 2.05) is 22.6 Å². The van der Waals surface area contributed by atoms with Crippen molar-refractivity contribution >= 4 is 45.7 Å². The lowest BCUT2D eigenvalue weighted by atomic mass is 10.3. The predicted molar refractivity (Wildman–Crippen MR) is 82.6 cm³/mol. The molecule has 2 amide bonds. The second kappa shape index (κ2) is 5.87. The summed E-state index contributed by atoms with van der Waals surface area (Å²) in [6, 6.07) is 10.6. The molecule has 0 saturated carbocycles. The third-order valence-electron chi connectivity index (χ3n) is 2.32. The second-order valence-corrected chi connectivity index (χ2v) is 4.99. The summed E-state index contributed by atoms with van der Waals surface area (Å²) in [4.78, 5) is 11.8. The van der Waals surface area contributed by atoms with E-state index in [4.69, 9.17) is 5.73 Å². The Balaban J connectivity index is 2.05. The molecule has 4 nitrogen and oxygen atoms in total. The first-order chi connectivity index (χ1) is 9.04. The zero-order chi connectivity index (χ0) is 13.8. The third-order valence-corrected chi connectivity index (χ3v) is 3.22. The number of halogens is 2. The van der Waals surface area contributed by atoms with Gasteiger partial charge in [0, 0.05) is 14.9 Å². The summed E-state index contributed by atoms with van der Waals surface area (Å²) in [5, 5.41) is 5.29. The summed E-state index contributed by atoms with van der Waals surface area (Å²) in [6.45, 7) is 0. The number of benzene rings is 2. The van der Waals surface area contributed by atoms with Crippen LogP contribution < -0.4 is 16.4 Å². The van der Waals surface area contributed by atoms with Gasteiger partial charge >= 0.3 is 6.03 Å². The quantitative estimate of drug-likeness (QED) is 0.557. The first-order valence-corrected chi connectivity index (χ1v) is 6.51. The van der Waals surface area contributed by atoms with Crippen molar-refractivity contribution in [2.45, 2.75) is 0 Å². The molecule has 0 heterocycles. The largest absolute Gasteiger partial charge is 0.399 e. The molecule has 19 heavy (non-hydrogen) atoms. The molecule has 2 aromatic rings. The normalized spacial score (nSPS) is 10.0. The van der Waals surface area contributed by atoms with Gasteiger partial charge in [-0.3, -0.25) is 0 Å². The molecule has 6 heteroatoms. The number of hydrogen-bond donors (Lipinski definition) is 3. The average Bonchev–Trinajstić information content (AvgIpc) is 2.33. The van der Waals surface area contributed by atoms with Gasteiger partial charge in [0.2, 0.25) is 0 Å². The molecule has 0 atom stereocenters. The Labute approximate surface area is 123 Å². The maximum atomic E-state index is 12.9. The van der Waals surface area contributed by atoms with Crippen LogP contribution in [-0.4, -0.2) is 6.03 Å². The molecule has 0 unspecified atom stereocenters. The molecule has 2 rings (SSSR count). The molecule has 0 radical (unpaired) electrons. The lowest BCUT2D eigenvalue weighted by Gasteiger charge is -2.09. The minimum atomic E-state index is -0.407. The second-order valence-electron chi connectivity index (χ2n) is 3.83. The fourth-order valence-corrected chi connectivity index (χ4v) is 2.10. The van der Waals surface area contributed by atoms with Crippen LogP contribution in [0.2, 0.25) is 0 Å². The average molecular weight is 371 g/mol. The van der Waals surface area contributed by atoms with E-state index in [9.17, 15) is 9.18 Å². The minimum absolute atomic E-state index is 0.341. The minimum Gasteiger partial charge on any atom is -0.399 e. The van der Waals surface area contributed by atoms with Gasteiger partial charge in [-0.1, -0.05) is 6.07 Å². The first-order valence-electron chi connectivity index (χ1n) is 5.43. The monoisotopic (exact) mass is 371 g/mol. The fourth-order valence-electron chi connectivity index (χ4n) is 1.49. The SMILES string of the molecule is Nc1cccc(NC(=O)Nc2ccc(F)cc2I)c1. The van der Waals surface area contributed by atoms with Crippen LogP contribution in [0.4, 0.5) is 26.2 Å². The number of anilines is 3. The molecule has 98 valence electrons. The van der Waals surface area contributed by atoms with Crippen LogP contribution in [0.5, 0.6) is 0 Å². The Morgan fingerprint density at radius 2 is 1.95 bits per heavy atom. The number of nitrogens with two attached hydrogens (primary N) is 1. The van der Waals surface area contributed by atoms with Gasteiger partial charge in [0.15, 0.2) is 0 Å². The first kappa shape index (κ1) is 13.6. The van der Waals surface area contributed by atoms with E-state index in [-0.39, 0.29) is 5.82 Å². The molecule has 0 bridgehead atoms. The van der Waals surface area contributed by atoms with Crippen molar-refractivity contribution in [1.82, 2.24) is 0 Å². The predicted octanol–water partition coefficient (Wildman–Crippen LogP) is 3.66. The zero-order valence-corrected chi connectivity index (χ0v) is 11.9. The van der Waals surface area contributed by atoms with Crippen LogP contribution in [-0.2, 0) is 0 Å². The lowest BCUT2D eigenvalue weighted by Crippen LogP contribution is -2.20. The molecule has 2 aromatic carbocycles. The highest BCUT2D eigenvalue weighted by molar-refractivity contribution is 14.1. The van der Waals surface area contributed by atoms with E-state index < -0.39 is 6.03 Å². The summed E-state index contributed by atoms with van der Waals surface area (Å²) in [7, 11) is 0. The highest BCUT2D eigenvalue weighted by atomic mass is 127. The number of nitrogen functional groups attached to an aromatic ring is 1. The number of nitrogens with one attached hydrogen (secondary N) is 2. The summed E-state index contributed by atoms with van der Waals surface area (Å²) < 4.78 is 13.6. The Morgan fingerprint density at radius 3 is 2.63 bits per heavy atom. The molecular weight excluding hydrogens is 360 g/mol. The van der Waals surface area contributed by atoms with Gasteiger partial charge in [-0.25, -0.2) is 9.18 Å². The van der Waals surface area contributed by atoms with Crippen LogP contribution in [0.15, 0.2) is 42.5 Å². The van der Waals surface area contributed by atoms with E-state index in [0.717, 1.165) is 0 Å². The van der Waals surface area contributed by atoms with Crippen LogP contribution in [0, 0.1) is 9.39 Å². The topological polar surface area (TPSA) is 67.1 Å². The van der Waals surface area contributed by atoms with Crippen molar-refractivity contribution in [1.29, 1.82) is 0 Å². The summed E-state index contributed by atoms with van der Waals surface area (Å²) in [6.07, 6.45) is 0. The number of hydrogen-bond acceptors (Lipinski definition) is 2. The van der Waals surface area contributed by atoms with Gasteiger partial charge in [-0.05, 0) is 59.0 Å². The van der Waals surface area contributed by atoms with Gasteiger partial charge in [-0.2, -0.15) is 0 Å². The van der Waals surface area contributed by atoms with Gasteiger partial charge in [0.05, 0.1) is 5.69 Å². The van der Waals surface area contributed by atoms with E-state index in [1.165, 1.54) is 18.2 Å². The highest BCUT2D eigenvalue weighted by Crippen LogP contribution is 2.19. The number of carbonyl (C=O) groups excluding carboxylic acids is 1. The fraction of sp³-hybridized carbons (Fsp3) is 0. The van der Waals surface area contributed by atoms with E-state index in [0.29, 0.717) is 20.6 Å². The third kappa shape index (κ3) is 3.82. The molecule has 0 saturated heterocycles. The van der Waals surface area contributed by atoms with Crippen molar-refractivity contribution in [3.8, 4) is 0 Å². The van der Waals surface area contributed by atoms with Crippen LogP contribution >= 0.6 is 22.6 Å². The number of amides is 2. The van der Waals surface area contributed by atoms with Crippen molar-refractivity contribution < 1.29 is 9.18 Å². The maximum Gasteiger partial charge on any atom is 0.323 e. The maximum absolute atomic E-state index is 12.9. The Hall–Kier alpha value is -1.83. The smallest absolute Gasteiger partial charge is 0.323 e. The number of carbonyl (C=O) groups is 1. The van der Waals surface area contributed by atoms with Gasteiger partial charge in [-0.15, -0.1) is 0 Å². The standard InChI is InChI=1S/C13H11FIN3O/c14-8-4-5-12(11(15)6-8)18-13(19)17-10-3-1-2-9(16)7-10/h1-7H,16H2,(H2,17,18,19). The van der Waals surface area contributed by atoms with E-state index in [2.05, 4.69) is 10.6 Å². The van der Waals surface area contributed by atoms with E-state index in [1.54, 1.807) is 24.3 Å². The van der Waals surface area contributed by atoms with Crippen LogP contribution in [0.1, 0.15) is 0 Å². The van der Waals surface area contributed by atoms with Crippen LogP contribution in [0.25, 0.3) is 0 Å². The van der Waals surface area contributed by atoms with Crippen molar-refractivity contribution in [3.05, 3.63) is 51.9 Å². The van der Waals surface area contributed by atoms with Crippen LogP contribution in [0.3, 0.4) is 0 Å². The molecule has 4 N–H and O–H groups in total. The summed E-state index contributed by atoms with van der Waals surface area (Å²) in [5.74, 6) is -0.341. The number of rotatable bonds is 2. The molecule has 0 aliphatic heterocycles. The number of urea groups is 1. The van der Waals surface area contributed by atoms with Crippen molar-refractivity contribution in [2.24, 2.45) is 0 Å². The molecule has 0 fully saturated rings. The molecule has 0 aliphatic rings. The Morgan fingerprint density at radius 1 is 1.16 bits per heavy atom. The zero-order valence-electron chi connectivity index (χ0n) is 9.78. The van der Waals surface area contributed by atoms with Crippen molar-refractivity contribution in [2.75, 3.05) is 16.4 Å². The Kier molecular flexibility index (Phi) is 4.20. The molecule has 0 aromatic heterocycles. The molecule has 0 aliphatic carbocycles.